The van der Waals surface area contributed by atoms with Crippen molar-refractivity contribution in [2.75, 3.05) is 6.61 Å². The quantitative estimate of drug-likeness (QED) is 0.254. The van der Waals surface area contributed by atoms with E-state index in [9.17, 15) is 15.0 Å². The van der Waals surface area contributed by atoms with Crippen molar-refractivity contribution in [2.24, 2.45) is 16.7 Å². The molecular formula is C22H30O5. The molecule has 1 aliphatic heterocycles. The smallest absolute Gasteiger partial charge is 0.188 e. The van der Waals surface area contributed by atoms with Crippen LogP contribution in [0.3, 0.4) is 0 Å². The van der Waals surface area contributed by atoms with Gasteiger partial charge >= 0.3 is 0 Å². The summed E-state index contributed by atoms with van der Waals surface area (Å²) < 4.78 is 11.6. The monoisotopic (exact) mass is 374 g/mol. The molecule has 0 aromatic heterocycles. The van der Waals surface area contributed by atoms with E-state index in [4.69, 9.17) is 9.47 Å². The molecule has 1 saturated carbocycles. The van der Waals surface area contributed by atoms with Crippen molar-refractivity contribution in [3.8, 4) is 0 Å². The summed E-state index contributed by atoms with van der Waals surface area (Å²) >= 11 is 0. The maximum Gasteiger partial charge on any atom is 0.188 e. The predicted molar refractivity (Wildman–Crippen MR) is 103 cm³/mol. The summed E-state index contributed by atoms with van der Waals surface area (Å²) in [6, 6.07) is 0. The normalized spacial score (nSPS) is 40.5. The van der Waals surface area contributed by atoms with E-state index in [0.29, 0.717) is 17.6 Å². The Morgan fingerprint density at radius 3 is 2.74 bits per heavy atom. The lowest BCUT2D eigenvalue weighted by Crippen LogP contribution is -2.65. The summed E-state index contributed by atoms with van der Waals surface area (Å²) in [4.78, 5) is 10.4. The van der Waals surface area contributed by atoms with Crippen molar-refractivity contribution < 1.29 is 24.5 Å². The second kappa shape index (κ2) is 7.04. The largest absolute Gasteiger partial charge is 0.487 e. The molecule has 3 rings (SSSR count). The van der Waals surface area contributed by atoms with Gasteiger partial charge in [0.1, 0.15) is 23.8 Å². The van der Waals surface area contributed by atoms with Crippen LogP contribution in [0.2, 0.25) is 0 Å². The highest BCUT2D eigenvalue weighted by atomic mass is 16.6. The van der Waals surface area contributed by atoms with E-state index in [2.05, 4.69) is 20.4 Å². The third-order valence-electron chi connectivity index (χ3n) is 6.72. The fourth-order valence-corrected chi connectivity index (χ4v) is 5.58. The molecule has 5 nitrogen and oxygen atoms in total. The molecule has 1 saturated heterocycles. The number of fused-ring (bicyclic) bond motifs is 3. The summed E-state index contributed by atoms with van der Waals surface area (Å²) in [6.07, 6.45) is 10.4. The van der Waals surface area contributed by atoms with Gasteiger partial charge in [-0.05, 0) is 42.1 Å². The minimum Gasteiger partial charge on any atom is -0.487 e. The van der Waals surface area contributed by atoms with E-state index in [1.165, 1.54) is 6.08 Å². The van der Waals surface area contributed by atoms with Crippen LogP contribution in [0, 0.1) is 16.7 Å². The molecule has 0 spiro atoms. The first-order valence-corrected chi connectivity index (χ1v) is 9.54. The molecule has 0 amide bonds. The molecule has 5 heteroatoms. The fourth-order valence-electron chi connectivity index (χ4n) is 5.58. The van der Waals surface area contributed by atoms with Gasteiger partial charge in [0.15, 0.2) is 6.29 Å². The Morgan fingerprint density at radius 2 is 2.04 bits per heavy atom. The Kier molecular flexibility index (Phi) is 5.23. The van der Waals surface area contributed by atoms with Crippen LogP contribution < -0.4 is 0 Å². The van der Waals surface area contributed by atoms with Gasteiger partial charge in [-0.25, -0.2) is 0 Å². The van der Waals surface area contributed by atoms with Gasteiger partial charge < -0.3 is 19.7 Å². The van der Waals surface area contributed by atoms with E-state index in [1.807, 2.05) is 13.0 Å². The number of aldehydes is 1. The number of carbonyl (C=O) groups is 1. The lowest BCUT2D eigenvalue weighted by atomic mass is 9.46. The number of rotatable bonds is 5. The van der Waals surface area contributed by atoms with Crippen LogP contribution in [0.4, 0.5) is 0 Å². The highest BCUT2D eigenvalue weighted by Gasteiger charge is 2.68. The number of aliphatic hydroxyl groups excluding tert-OH is 1. The summed E-state index contributed by atoms with van der Waals surface area (Å²) in [7, 11) is 0. The van der Waals surface area contributed by atoms with Crippen LogP contribution in [-0.4, -0.2) is 41.1 Å². The second-order valence-corrected chi connectivity index (χ2v) is 8.79. The lowest BCUT2D eigenvalue weighted by Gasteiger charge is -2.60. The molecular weight excluding hydrogens is 344 g/mol. The molecule has 5 atom stereocenters. The van der Waals surface area contributed by atoms with E-state index < -0.39 is 17.3 Å². The molecule has 1 unspecified atom stereocenters. The number of ether oxygens (including phenoxy) is 2. The van der Waals surface area contributed by atoms with Gasteiger partial charge in [-0.2, -0.15) is 0 Å². The number of hydrogen-bond acceptors (Lipinski definition) is 5. The van der Waals surface area contributed by atoms with Crippen molar-refractivity contribution in [3.05, 3.63) is 48.3 Å². The zero-order chi connectivity index (χ0) is 19.9. The molecule has 2 aliphatic carbocycles. The van der Waals surface area contributed by atoms with E-state index in [1.54, 1.807) is 18.2 Å². The highest BCUT2D eigenvalue weighted by Crippen LogP contribution is 2.63. The zero-order valence-electron chi connectivity index (χ0n) is 16.4. The average molecular weight is 374 g/mol. The number of carbonyl (C=O) groups excluding carboxylic acids is 1. The number of aliphatic hydroxyl groups is 2. The molecule has 2 N–H and O–H groups in total. The van der Waals surface area contributed by atoms with Crippen molar-refractivity contribution in [2.45, 2.75) is 58.0 Å². The van der Waals surface area contributed by atoms with Crippen LogP contribution in [0.25, 0.3) is 0 Å². The lowest BCUT2D eigenvalue weighted by molar-refractivity contribution is -0.243. The Balaban J connectivity index is 1.97. The van der Waals surface area contributed by atoms with Crippen LogP contribution in [0.15, 0.2) is 48.3 Å². The molecule has 0 aromatic carbocycles. The topological polar surface area (TPSA) is 76.0 Å². The molecule has 1 heterocycles. The van der Waals surface area contributed by atoms with E-state index in [0.717, 1.165) is 19.3 Å². The van der Waals surface area contributed by atoms with Crippen LogP contribution in [0.5, 0.6) is 0 Å². The molecule has 0 bridgehead atoms. The third kappa shape index (κ3) is 3.12. The first-order chi connectivity index (χ1) is 12.7. The van der Waals surface area contributed by atoms with Crippen molar-refractivity contribution in [3.63, 3.8) is 0 Å². The summed E-state index contributed by atoms with van der Waals surface area (Å²) in [6.45, 7) is 10.6. The summed E-state index contributed by atoms with van der Waals surface area (Å²) in [5.74, 6) is 0.473. The average Bonchev–Trinajstić information content (AvgIpc) is 2.88. The Labute approximate surface area is 161 Å². The molecule has 27 heavy (non-hydrogen) atoms. The fraction of sp³-hybridized carbons (Fsp3) is 0.591. The highest BCUT2D eigenvalue weighted by molar-refractivity contribution is 5.65. The Bertz CT molecular complexity index is 703. The summed E-state index contributed by atoms with van der Waals surface area (Å²) in [5, 5.41) is 22.0. The SMILES string of the molecule is C=C(/C=C/C=C/C=O)O[C@@H]1C=C2CO[C@@H](O)[C@]2(O)[C@@]2(C)CCCC(C)(C)C12. The van der Waals surface area contributed by atoms with E-state index >= 15 is 0 Å². The van der Waals surface area contributed by atoms with Gasteiger partial charge in [0.05, 0.1) is 6.61 Å². The van der Waals surface area contributed by atoms with Gasteiger partial charge in [-0.3, -0.25) is 4.79 Å². The minimum absolute atomic E-state index is 0.0143. The van der Waals surface area contributed by atoms with Crippen molar-refractivity contribution in [1.82, 2.24) is 0 Å². The maximum atomic E-state index is 11.5. The van der Waals surface area contributed by atoms with Crippen molar-refractivity contribution >= 4 is 6.29 Å². The molecule has 148 valence electrons. The molecule has 0 radical (unpaired) electrons. The molecule has 0 aromatic rings. The molecule has 2 fully saturated rings. The van der Waals surface area contributed by atoms with Gasteiger partial charge in [0, 0.05) is 11.3 Å². The predicted octanol–water partition coefficient (Wildman–Crippen LogP) is 3.05. The Morgan fingerprint density at radius 1 is 1.30 bits per heavy atom. The first kappa shape index (κ1) is 20.1. The second-order valence-electron chi connectivity index (χ2n) is 8.79. The number of hydrogen-bond donors (Lipinski definition) is 2. The van der Waals surface area contributed by atoms with Gasteiger partial charge in [0.25, 0.3) is 0 Å². The van der Waals surface area contributed by atoms with Crippen LogP contribution in [0.1, 0.15) is 40.0 Å². The molecule has 3 aliphatic rings. The van der Waals surface area contributed by atoms with Gasteiger partial charge in [-0.1, -0.05) is 45.9 Å². The Hall–Kier alpha value is -1.69. The maximum absolute atomic E-state index is 11.5. The van der Waals surface area contributed by atoms with Crippen molar-refractivity contribution in [1.29, 1.82) is 0 Å². The van der Waals surface area contributed by atoms with Crippen LogP contribution >= 0.6 is 0 Å². The minimum atomic E-state index is -1.39. The van der Waals surface area contributed by atoms with Gasteiger partial charge in [-0.15, -0.1) is 0 Å². The zero-order valence-corrected chi connectivity index (χ0v) is 16.4. The van der Waals surface area contributed by atoms with Crippen LogP contribution in [-0.2, 0) is 14.3 Å². The van der Waals surface area contributed by atoms with E-state index in [-0.39, 0.29) is 24.0 Å². The van der Waals surface area contributed by atoms with Gasteiger partial charge in [0.2, 0.25) is 0 Å². The number of allylic oxidation sites excluding steroid dienone is 4. The summed E-state index contributed by atoms with van der Waals surface area (Å²) in [5.41, 5.74) is -1.35. The third-order valence-corrected chi connectivity index (χ3v) is 6.72. The first-order valence-electron chi connectivity index (χ1n) is 9.54. The standard InChI is InChI=1S/C22H30O5/c1-15(9-6-5-7-12-23)27-17-13-16-14-26-19(24)22(16,25)21(4)11-8-10-20(2,3)18(17)21/h5-7,9,12-13,17-19,24-25H,1,8,10-11,14H2,2-4H3/b7-5+,9-6+/t17-,18?,19-,21+,22+/m1/s1.